The number of carbonyl (C=O) groups excluding carboxylic acids is 2. The smallest absolute Gasteiger partial charge is 0.322 e. The molecule has 2 aromatic carbocycles. The molecule has 0 saturated heterocycles. The highest BCUT2D eigenvalue weighted by atomic mass is 32.1. The van der Waals surface area contributed by atoms with Gasteiger partial charge in [-0.3, -0.25) is 4.79 Å². The summed E-state index contributed by atoms with van der Waals surface area (Å²) in [6.07, 6.45) is 0. The van der Waals surface area contributed by atoms with Crippen LogP contribution in [0.15, 0.2) is 60.0 Å². The first-order chi connectivity index (χ1) is 17.4. The standard InChI is InChI=1S/C27H31N3O5S/c1-4-33-22-10-8-21(9-11-22)28-27(32)30(19(2)3)17-26(31)29(16-23-6-5-13-36-23)15-20-7-12-24-25(14-20)35-18-34-24/h5-14,19H,4,15-18H2,1-3H3,(H,28,32). The first-order valence-corrected chi connectivity index (χ1v) is 12.8. The van der Waals surface area contributed by atoms with E-state index in [1.165, 1.54) is 0 Å². The number of amides is 3. The van der Waals surface area contributed by atoms with Crippen LogP contribution in [0.5, 0.6) is 17.2 Å². The molecule has 0 bridgehead atoms. The third kappa shape index (κ3) is 6.48. The average Bonchev–Trinajstić information content (AvgIpc) is 3.55. The average molecular weight is 510 g/mol. The predicted octanol–water partition coefficient (Wildman–Crippen LogP) is 5.35. The summed E-state index contributed by atoms with van der Waals surface area (Å²) in [6, 6.07) is 16.3. The van der Waals surface area contributed by atoms with Crippen molar-refractivity contribution in [1.29, 1.82) is 0 Å². The third-order valence-electron chi connectivity index (χ3n) is 5.70. The van der Waals surface area contributed by atoms with Gasteiger partial charge < -0.3 is 29.3 Å². The highest BCUT2D eigenvalue weighted by Crippen LogP contribution is 2.33. The van der Waals surface area contributed by atoms with E-state index in [2.05, 4.69) is 5.32 Å². The monoisotopic (exact) mass is 509 g/mol. The van der Waals surface area contributed by atoms with Gasteiger partial charge in [-0.25, -0.2) is 4.79 Å². The minimum Gasteiger partial charge on any atom is -0.494 e. The summed E-state index contributed by atoms with van der Waals surface area (Å²) < 4.78 is 16.4. The lowest BCUT2D eigenvalue weighted by Gasteiger charge is -2.30. The lowest BCUT2D eigenvalue weighted by Crippen LogP contribution is -2.47. The SMILES string of the molecule is CCOc1ccc(NC(=O)N(CC(=O)N(Cc2ccc3c(c2)OCO3)Cc2cccs2)C(C)C)cc1. The molecule has 9 heteroatoms. The van der Waals surface area contributed by atoms with Crippen LogP contribution in [0.3, 0.4) is 0 Å². The molecule has 0 unspecified atom stereocenters. The van der Waals surface area contributed by atoms with Crippen LogP contribution >= 0.6 is 11.3 Å². The lowest BCUT2D eigenvalue weighted by molar-refractivity contribution is -0.133. The molecule has 0 atom stereocenters. The van der Waals surface area contributed by atoms with Gasteiger partial charge in [0.25, 0.3) is 0 Å². The maximum Gasteiger partial charge on any atom is 0.322 e. The van der Waals surface area contributed by atoms with Crippen LogP contribution in [-0.2, 0) is 17.9 Å². The van der Waals surface area contributed by atoms with Crippen LogP contribution in [0.25, 0.3) is 0 Å². The number of thiophene rings is 1. The van der Waals surface area contributed by atoms with E-state index in [-0.39, 0.29) is 31.3 Å². The summed E-state index contributed by atoms with van der Waals surface area (Å²) in [5, 5.41) is 4.88. The molecule has 36 heavy (non-hydrogen) atoms. The second-order valence-electron chi connectivity index (χ2n) is 8.63. The Morgan fingerprint density at radius 1 is 1.06 bits per heavy atom. The van der Waals surface area contributed by atoms with E-state index in [9.17, 15) is 9.59 Å². The van der Waals surface area contributed by atoms with Gasteiger partial charge >= 0.3 is 6.03 Å². The first-order valence-electron chi connectivity index (χ1n) is 11.9. The van der Waals surface area contributed by atoms with Crippen molar-refractivity contribution < 1.29 is 23.8 Å². The number of ether oxygens (including phenoxy) is 3. The molecule has 3 aromatic rings. The predicted molar refractivity (Wildman–Crippen MR) is 140 cm³/mol. The largest absolute Gasteiger partial charge is 0.494 e. The number of nitrogens with zero attached hydrogens (tertiary/aromatic N) is 2. The number of anilines is 1. The lowest BCUT2D eigenvalue weighted by atomic mass is 10.2. The summed E-state index contributed by atoms with van der Waals surface area (Å²) in [5.74, 6) is 1.97. The normalized spacial score (nSPS) is 11.9. The van der Waals surface area contributed by atoms with Gasteiger partial charge in [0, 0.05) is 23.2 Å². The van der Waals surface area contributed by atoms with Crippen molar-refractivity contribution >= 4 is 29.0 Å². The van der Waals surface area contributed by atoms with Crippen molar-refractivity contribution in [3.8, 4) is 17.2 Å². The van der Waals surface area contributed by atoms with Gasteiger partial charge in [0.2, 0.25) is 12.7 Å². The van der Waals surface area contributed by atoms with Gasteiger partial charge in [0.15, 0.2) is 11.5 Å². The number of carbonyl (C=O) groups is 2. The molecule has 0 aliphatic carbocycles. The highest BCUT2D eigenvalue weighted by molar-refractivity contribution is 7.09. The zero-order chi connectivity index (χ0) is 25.5. The molecule has 0 fully saturated rings. The molecular formula is C27H31N3O5S. The number of nitrogens with one attached hydrogen (secondary N) is 1. The fourth-order valence-electron chi connectivity index (χ4n) is 3.81. The van der Waals surface area contributed by atoms with Gasteiger partial charge in [-0.15, -0.1) is 11.3 Å². The van der Waals surface area contributed by atoms with Gasteiger partial charge in [-0.05, 0) is 74.2 Å². The second-order valence-corrected chi connectivity index (χ2v) is 9.66. The van der Waals surface area contributed by atoms with Crippen LogP contribution in [0, 0.1) is 0 Å². The van der Waals surface area contributed by atoms with E-state index in [0.29, 0.717) is 36.9 Å². The summed E-state index contributed by atoms with van der Waals surface area (Å²) >= 11 is 1.60. The van der Waals surface area contributed by atoms with Crippen molar-refractivity contribution in [1.82, 2.24) is 9.80 Å². The van der Waals surface area contributed by atoms with E-state index < -0.39 is 0 Å². The molecule has 1 aromatic heterocycles. The first kappa shape index (κ1) is 25.4. The summed E-state index contributed by atoms with van der Waals surface area (Å²) in [7, 11) is 0. The van der Waals surface area contributed by atoms with Crippen molar-refractivity contribution in [2.24, 2.45) is 0 Å². The minimum absolute atomic E-state index is 0.0452. The second kappa shape index (κ2) is 11.8. The number of benzene rings is 2. The Morgan fingerprint density at radius 3 is 2.53 bits per heavy atom. The number of hydrogen-bond acceptors (Lipinski definition) is 6. The molecular weight excluding hydrogens is 478 g/mol. The van der Waals surface area contributed by atoms with E-state index in [4.69, 9.17) is 14.2 Å². The highest BCUT2D eigenvalue weighted by Gasteiger charge is 2.25. The van der Waals surface area contributed by atoms with Crippen LogP contribution in [0.2, 0.25) is 0 Å². The summed E-state index contributed by atoms with van der Waals surface area (Å²) in [5.41, 5.74) is 1.57. The topological polar surface area (TPSA) is 80.3 Å². The molecule has 1 N–H and O–H groups in total. The van der Waals surface area contributed by atoms with Crippen molar-refractivity contribution in [2.75, 3.05) is 25.3 Å². The number of rotatable bonds is 10. The summed E-state index contributed by atoms with van der Waals surface area (Å²) in [6.45, 7) is 7.28. The Morgan fingerprint density at radius 2 is 1.83 bits per heavy atom. The van der Waals surface area contributed by atoms with Gasteiger partial charge in [0.05, 0.1) is 13.2 Å². The van der Waals surface area contributed by atoms with E-state index in [0.717, 1.165) is 16.2 Å². The number of fused-ring (bicyclic) bond motifs is 1. The van der Waals surface area contributed by atoms with Crippen LogP contribution in [0.4, 0.5) is 10.5 Å². The zero-order valence-electron chi connectivity index (χ0n) is 20.7. The number of urea groups is 1. The molecule has 1 aliphatic rings. The molecule has 0 radical (unpaired) electrons. The molecule has 3 amide bonds. The Labute approximate surface area is 215 Å². The zero-order valence-corrected chi connectivity index (χ0v) is 21.5. The molecule has 2 heterocycles. The maximum atomic E-state index is 13.5. The molecule has 4 rings (SSSR count). The van der Waals surface area contributed by atoms with Crippen LogP contribution < -0.4 is 19.5 Å². The van der Waals surface area contributed by atoms with Crippen LogP contribution in [0.1, 0.15) is 31.2 Å². The molecule has 1 aliphatic heterocycles. The Bertz CT molecular complexity index is 1160. The van der Waals surface area contributed by atoms with Crippen molar-refractivity contribution in [3.63, 3.8) is 0 Å². The van der Waals surface area contributed by atoms with Crippen molar-refractivity contribution in [2.45, 2.75) is 39.9 Å². The molecule has 0 spiro atoms. The van der Waals surface area contributed by atoms with E-state index >= 15 is 0 Å². The maximum absolute atomic E-state index is 13.5. The van der Waals surface area contributed by atoms with Gasteiger partial charge in [-0.2, -0.15) is 0 Å². The molecule has 8 nitrogen and oxygen atoms in total. The molecule has 0 saturated carbocycles. The van der Waals surface area contributed by atoms with Gasteiger partial charge in [-0.1, -0.05) is 12.1 Å². The van der Waals surface area contributed by atoms with E-state index in [1.807, 2.05) is 56.5 Å². The van der Waals surface area contributed by atoms with Gasteiger partial charge in [0.1, 0.15) is 12.3 Å². The fourth-order valence-corrected chi connectivity index (χ4v) is 4.53. The Balaban J connectivity index is 1.46. The minimum atomic E-state index is -0.332. The Hall–Kier alpha value is -3.72. The van der Waals surface area contributed by atoms with Crippen LogP contribution in [-0.4, -0.2) is 47.7 Å². The van der Waals surface area contributed by atoms with Crippen molar-refractivity contribution in [3.05, 3.63) is 70.4 Å². The van der Waals surface area contributed by atoms with E-state index in [1.54, 1.807) is 45.4 Å². The Kier molecular flexibility index (Phi) is 8.32. The molecule has 190 valence electrons. The summed E-state index contributed by atoms with van der Waals surface area (Å²) in [4.78, 5) is 31.0. The third-order valence-corrected chi connectivity index (χ3v) is 6.56. The quantitative estimate of drug-likeness (QED) is 0.399. The number of hydrogen-bond donors (Lipinski definition) is 1. The fraction of sp³-hybridized carbons (Fsp3) is 0.333.